The van der Waals surface area contributed by atoms with Gasteiger partial charge in [-0.2, -0.15) is 11.8 Å². The first-order valence-corrected chi connectivity index (χ1v) is 7.69. The molecular weight excluding hydrogens is 260 g/mol. The maximum absolute atomic E-state index is 11.9. The minimum absolute atomic E-state index is 0.0194. The standard InChI is InChI=1S/C14H20N2O2S/c1-3-7-15-13(17)9-16-14(18)12-6-4-5-11(8-12)10-19-2/h4-6,8H,3,7,9-10H2,1-2H3,(H,15,17)(H,16,18). The molecule has 0 saturated heterocycles. The lowest BCUT2D eigenvalue weighted by atomic mass is 10.1. The van der Waals surface area contributed by atoms with E-state index < -0.39 is 0 Å². The summed E-state index contributed by atoms with van der Waals surface area (Å²) in [5.74, 6) is 0.503. The lowest BCUT2D eigenvalue weighted by molar-refractivity contribution is -0.120. The number of amides is 2. The Morgan fingerprint density at radius 3 is 2.74 bits per heavy atom. The van der Waals surface area contributed by atoms with E-state index in [2.05, 4.69) is 10.6 Å². The number of benzene rings is 1. The molecule has 1 aromatic rings. The summed E-state index contributed by atoms with van der Waals surface area (Å²) >= 11 is 1.71. The molecule has 2 N–H and O–H groups in total. The molecule has 0 spiro atoms. The van der Waals surface area contributed by atoms with E-state index in [0.717, 1.165) is 17.7 Å². The van der Waals surface area contributed by atoms with Crippen molar-refractivity contribution < 1.29 is 9.59 Å². The zero-order chi connectivity index (χ0) is 14.1. The second-order valence-corrected chi connectivity index (χ2v) is 5.03. The second kappa shape index (κ2) is 8.58. The van der Waals surface area contributed by atoms with Gasteiger partial charge in [-0.05, 0) is 30.4 Å². The summed E-state index contributed by atoms with van der Waals surface area (Å²) in [6, 6.07) is 7.46. The molecule has 0 aliphatic carbocycles. The highest BCUT2D eigenvalue weighted by Gasteiger charge is 2.08. The monoisotopic (exact) mass is 280 g/mol. The average Bonchev–Trinajstić information content (AvgIpc) is 2.43. The Kier molecular flexibility index (Phi) is 7.03. The van der Waals surface area contributed by atoms with Crippen molar-refractivity contribution in [3.05, 3.63) is 35.4 Å². The molecule has 5 heteroatoms. The van der Waals surface area contributed by atoms with Gasteiger partial charge in [0.05, 0.1) is 6.54 Å². The molecule has 4 nitrogen and oxygen atoms in total. The topological polar surface area (TPSA) is 58.2 Å². The highest BCUT2D eigenvalue weighted by molar-refractivity contribution is 7.97. The van der Waals surface area contributed by atoms with Gasteiger partial charge in [0.25, 0.3) is 5.91 Å². The van der Waals surface area contributed by atoms with Crippen LogP contribution in [0.5, 0.6) is 0 Å². The Morgan fingerprint density at radius 1 is 1.26 bits per heavy atom. The summed E-state index contributed by atoms with van der Waals surface area (Å²) in [6.45, 7) is 2.64. The van der Waals surface area contributed by atoms with E-state index in [1.54, 1.807) is 17.8 Å². The van der Waals surface area contributed by atoms with Crippen LogP contribution in [0, 0.1) is 0 Å². The van der Waals surface area contributed by atoms with E-state index in [9.17, 15) is 9.59 Å². The third-order valence-corrected chi connectivity index (χ3v) is 3.10. The lowest BCUT2D eigenvalue weighted by Crippen LogP contribution is -2.37. The van der Waals surface area contributed by atoms with Crippen LogP contribution in [0.3, 0.4) is 0 Å². The maximum Gasteiger partial charge on any atom is 0.251 e. The Labute approximate surface area is 118 Å². The number of carbonyl (C=O) groups excluding carboxylic acids is 2. The Bertz CT molecular complexity index is 435. The van der Waals surface area contributed by atoms with Gasteiger partial charge >= 0.3 is 0 Å². The molecule has 0 aromatic heterocycles. The van der Waals surface area contributed by atoms with Gasteiger partial charge in [0, 0.05) is 17.9 Å². The van der Waals surface area contributed by atoms with Gasteiger partial charge in [0.2, 0.25) is 5.91 Å². The molecule has 104 valence electrons. The molecule has 1 aromatic carbocycles. The first-order valence-electron chi connectivity index (χ1n) is 6.30. The van der Waals surface area contributed by atoms with Gasteiger partial charge in [-0.25, -0.2) is 0 Å². The van der Waals surface area contributed by atoms with Crippen molar-refractivity contribution in [3.63, 3.8) is 0 Å². The molecule has 0 heterocycles. The van der Waals surface area contributed by atoms with Crippen LogP contribution >= 0.6 is 11.8 Å². The van der Waals surface area contributed by atoms with Crippen LogP contribution in [0.2, 0.25) is 0 Å². The van der Waals surface area contributed by atoms with Gasteiger partial charge < -0.3 is 10.6 Å². The van der Waals surface area contributed by atoms with Gasteiger partial charge in [0.15, 0.2) is 0 Å². The lowest BCUT2D eigenvalue weighted by Gasteiger charge is -2.07. The van der Waals surface area contributed by atoms with Crippen molar-refractivity contribution in [2.45, 2.75) is 19.1 Å². The molecule has 2 amide bonds. The molecule has 0 radical (unpaired) electrons. The van der Waals surface area contributed by atoms with Crippen LogP contribution in [-0.4, -0.2) is 31.2 Å². The first-order chi connectivity index (χ1) is 9.17. The van der Waals surface area contributed by atoms with E-state index in [1.165, 1.54) is 0 Å². The van der Waals surface area contributed by atoms with Crippen LogP contribution in [0.1, 0.15) is 29.3 Å². The zero-order valence-corrected chi connectivity index (χ0v) is 12.2. The Balaban J connectivity index is 2.49. The molecule has 0 atom stereocenters. The van der Waals surface area contributed by atoms with E-state index in [0.29, 0.717) is 12.1 Å². The predicted molar refractivity (Wildman–Crippen MR) is 79.3 cm³/mol. The predicted octanol–water partition coefficient (Wildman–Crippen LogP) is 1.81. The number of hydrogen-bond acceptors (Lipinski definition) is 3. The van der Waals surface area contributed by atoms with Crippen LogP contribution in [-0.2, 0) is 10.5 Å². The SMILES string of the molecule is CCCNC(=O)CNC(=O)c1cccc(CSC)c1. The fourth-order valence-electron chi connectivity index (χ4n) is 1.56. The van der Waals surface area contributed by atoms with Crippen molar-refractivity contribution >= 4 is 23.6 Å². The summed E-state index contributed by atoms with van der Waals surface area (Å²) in [6.07, 6.45) is 2.90. The zero-order valence-electron chi connectivity index (χ0n) is 11.4. The van der Waals surface area contributed by atoms with Crippen LogP contribution < -0.4 is 10.6 Å². The van der Waals surface area contributed by atoms with E-state index >= 15 is 0 Å². The summed E-state index contributed by atoms with van der Waals surface area (Å²) in [5, 5.41) is 5.33. The number of nitrogens with one attached hydrogen (secondary N) is 2. The Morgan fingerprint density at radius 2 is 2.05 bits per heavy atom. The third kappa shape index (κ3) is 5.79. The Hall–Kier alpha value is -1.49. The minimum atomic E-state index is -0.213. The number of carbonyl (C=O) groups is 2. The largest absolute Gasteiger partial charge is 0.355 e. The number of thioether (sulfide) groups is 1. The van der Waals surface area contributed by atoms with E-state index in [4.69, 9.17) is 0 Å². The van der Waals surface area contributed by atoms with Gasteiger partial charge in [-0.15, -0.1) is 0 Å². The van der Waals surface area contributed by atoms with E-state index in [1.807, 2.05) is 31.4 Å². The molecule has 0 fully saturated rings. The molecule has 1 rings (SSSR count). The van der Waals surface area contributed by atoms with Gasteiger partial charge in [0.1, 0.15) is 0 Å². The van der Waals surface area contributed by atoms with Gasteiger partial charge in [-0.1, -0.05) is 19.1 Å². The van der Waals surface area contributed by atoms with Gasteiger partial charge in [-0.3, -0.25) is 9.59 Å². The molecule has 19 heavy (non-hydrogen) atoms. The molecular formula is C14H20N2O2S. The van der Waals surface area contributed by atoms with Crippen LogP contribution in [0.4, 0.5) is 0 Å². The second-order valence-electron chi connectivity index (χ2n) is 4.17. The smallest absolute Gasteiger partial charge is 0.251 e. The van der Waals surface area contributed by atoms with Crippen LogP contribution in [0.15, 0.2) is 24.3 Å². The molecule has 0 unspecified atom stereocenters. The molecule has 0 aliphatic rings. The van der Waals surface area contributed by atoms with Crippen molar-refractivity contribution in [1.29, 1.82) is 0 Å². The number of rotatable bonds is 7. The summed E-state index contributed by atoms with van der Waals surface area (Å²) in [7, 11) is 0. The quantitative estimate of drug-likeness (QED) is 0.801. The highest BCUT2D eigenvalue weighted by Crippen LogP contribution is 2.11. The maximum atomic E-state index is 11.9. The average molecular weight is 280 g/mol. The molecule has 0 bridgehead atoms. The minimum Gasteiger partial charge on any atom is -0.355 e. The van der Waals surface area contributed by atoms with Crippen molar-refractivity contribution in [2.24, 2.45) is 0 Å². The number of hydrogen-bond donors (Lipinski definition) is 2. The molecule has 0 aliphatic heterocycles. The first kappa shape index (κ1) is 15.6. The fourth-order valence-corrected chi connectivity index (χ4v) is 2.07. The summed E-state index contributed by atoms with van der Waals surface area (Å²) in [5.41, 5.74) is 1.70. The fraction of sp³-hybridized carbons (Fsp3) is 0.429. The summed E-state index contributed by atoms with van der Waals surface area (Å²) in [4.78, 5) is 23.3. The van der Waals surface area contributed by atoms with E-state index in [-0.39, 0.29) is 18.4 Å². The normalized spacial score (nSPS) is 10.0. The van der Waals surface area contributed by atoms with Crippen molar-refractivity contribution in [1.82, 2.24) is 10.6 Å². The summed E-state index contributed by atoms with van der Waals surface area (Å²) < 4.78 is 0. The van der Waals surface area contributed by atoms with Crippen molar-refractivity contribution in [2.75, 3.05) is 19.3 Å². The third-order valence-electron chi connectivity index (χ3n) is 2.48. The van der Waals surface area contributed by atoms with Crippen molar-refractivity contribution in [3.8, 4) is 0 Å². The highest BCUT2D eigenvalue weighted by atomic mass is 32.2. The van der Waals surface area contributed by atoms with Crippen LogP contribution in [0.25, 0.3) is 0 Å². The molecule has 0 saturated carbocycles.